The Morgan fingerprint density at radius 3 is 2.40 bits per heavy atom. The molecule has 4 N–H and O–H groups in total. The number of carboxylic acid groups (broad SMARTS) is 1. The first-order valence-electron chi connectivity index (χ1n) is 8.16. The molecule has 8 heteroatoms. The number of rotatable bonds is 9. The van der Waals surface area contributed by atoms with Gasteiger partial charge in [0.15, 0.2) is 0 Å². The Hall–Kier alpha value is -1.64. The normalized spacial score (nSPS) is 11.6. The van der Waals surface area contributed by atoms with Crippen molar-refractivity contribution in [3.05, 3.63) is 29.8 Å². The molecule has 0 radical (unpaired) electrons. The molecule has 1 rings (SSSR count). The number of thioether (sulfide) groups is 1. The number of hydrogen-bond acceptors (Lipinski definition) is 5. The summed E-state index contributed by atoms with van der Waals surface area (Å²) in [5, 5.41) is 11.4. The fourth-order valence-corrected chi connectivity index (χ4v) is 3.39. The van der Waals surface area contributed by atoms with E-state index in [2.05, 4.69) is 24.1 Å². The van der Waals surface area contributed by atoms with Crippen molar-refractivity contribution in [2.75, 3.05) is 18.4 Å². The van der Waals surface area contributed by atoms with Crippen molar-refractivity contribution in [1.82, 2.24) is 4.90 Å². The predicted octanol–water partition coefficient (Wildman–Crippen LogP) is 2.68. The summed E-state index contributed by atoms with van der Waals surface area (Å²) in [4.78, 5) is 24.6. The standard InChI is InChI=1S/C17H25N3O3S2/c1-3-20(4-2)17(24)25-11-12-5-7-13(8-6-12)19-15(21)10-9-14(18)16(22)23/h5-8,14H,3-4,9-11,18H2,1-2H3,(H,19,21)(H,22,23)/t14-/m0/s1. The van der Waals surface area contributed by atoms with Crippen LogP contribution in [0.15, 0.2) is 24.3 Å². The fourth-order valence-electron chi connectivity index (χ4n) is 2.04. The van der Waals surface area contributed by atoms with Crippen LogP contribution in [0.25, 0.3) is 0 Å². The Morgan fingerprint density at radius 1 is 1.28 bits per heavy atom. The van der Waals surface area contributed by atoms with E-state index in [0.717, 1.165) is 28.7 Å². The van der Waals surface area contributed by atoms with Crippen molar-refractivity contribution in [2.45, 2.75) is 38.5 Å². The number of benzene rings is 1. The molecule has 1 aromatic rings. The van der Waals surface area contributed by atoms with Crippen LogP contribution in [0.4, 0.5) is 5.69 Å². The van der Waals surface area contributed by atoms with Crippen LogP contribution < -0.4 is 11.1 Å². The second kappa shape index (κ2) is 11.1. The van der Waals surface area contributed by atoms with Crippen molar-refractivity contribution in [3.63, 3.8) is 0 Å². The third kappa shape index (κ3) is 7.85. The second-order valence-corrected chi connectivity index (χ2v) is 7.06. The van der Waals surface area contributed by atoms with E-state index in [1.54, 1.807) is 11.8 Å². The van der Waals surface area contributed by atoms with Gasteiger partial charge in [0.1, 0.15) is 10.4 Å². The van der Waals surface area contributed by atoms with E-state index in [1.165, 1.54) is 0 Å². The number of carbonyl (C=O) groups excluding carboxylic acids is 1. The summed E-state index contributed by atoms with van der Waals surface area (Å²) in [5.74, 6) is -0.573. The average molecular weight is 384 g/mol. The maximum absolute atomic E-state index is 11.8. The Labute approximate surface area is 158 Å². The summed E-state index contributed by atoms with van der Waals surface area (Å²) in [6.07, 6.45) is 0.182. The quantitative estimate of drug-likeness (QED) is 0.564. The topological polar surface area (TPSA) is 95.7 Å². The third-order valence-corrected chi connectivity index (χ3v) is 5.22. The van der Waals surface area contributed by atoms with Gasteiger partial charge in [-0.15, -0.1) is 0 Å². The van der Waals surface area contributed by atoms with Gasteiger partial charge < -0.3 is 21.1 Å². The van der Waals surface area contributed by atoms with Crippen LogP contribution in [0.5, 0.6) is 0 Å². The molecule has 0 spiro atoms. The summed E-state index contributed by atoms with van der Waals surface area (Å²) < 4.78 is 0.886. The second-order valence-electron chi connectivity index (χ2n) is 5.46. The first kappa shape index (κ1) is 21.4. The van der Waals surface area contributed by atoms with E-state index in [-0.39, 0.29) is 18.7 Å². The monoisotopic (exact) mass is 383 g/mol. The summed E-state index contributed by atoms with van der Waals surface area (Å²) in [6.45, 7) is 5.96. The molecule has 1 aromatic carbocycles. The van der Waals surface area contributed by atoms with Gasteiger partial charge in [-0.05, 0) is 38.0 Å². The highest BCUT2D eigenvalue weighted by molar-refractivity contribution is 8.22. The molecule has 0 saturated carbocycles. The van der Waals surface area contributed by atoms with Crippen molar-refractivity contribution in [1.29, 1.82) is 0 Å². The number of anilines is 1. The smallest absolute Gasteiger partial charge is 0.320 e. The molecule has 0 heterocycles. The maximum Gasteiger partial charge on any atom is 0.320 e. The molecule has 0 saturated heterocycles. The molecule has 0 fully saturated rings. The zero-order valence-corrected chi connectivity index (χ0v) is 16.2. The number of carbonyl (C=O) groups is 2. The maximum atomic E-state index is 11.8. The molecule has 6 nitrogen and oxygen atoms in total. The van der Waals surface area contributed by atoms with Crippen molar-refractivity contribution in [2.24, 2.45) is 5.73 Å². The highest BCUT2D eigenvalue weighted by atomic mass is 32.2. The lowest BCUT2D eigenvalue weighted by Gasteiger charge is -2.20. The lowest BCUT2D eigenvalue weighted by atomic mass is 10.1. The molecule has 0 aromatic heterocycles. The Morgan fingerprint density at radius 2 is 1.88 bits per heavy atom. The summed E-state index contributed by atoms with van der Waals surface area (Å²) in [7, 11) is 0. The summed E-state index contributed by atoms with van der Waals surface area (Å²) in [5.41, 5.74) is 7.17. The van der Waals surface area contributed by atoms with E-state index in [4.69, 9.17) is 23.1 Å². The number of nitrogens with two attached hydrogens (primary N) is 1. The Balaban J connectivity index is 2.44. The van der Waals surface area contributed by atoms with Gasteiger partial charge in [-0.1, -0.05) is 36.1 Å². The minimum atomic E-state index is -1.10. The molecule has 0 aliphatic carbocycles. The molecular formula is C17H25N3O3S2. The van der Waals surface area contributed by atoms with E-state index >= 15 is 0 Å². The van der Waals surface area contributed by atoms with Crippen molar-refractivity contribution in [3.8, 4) is 0 Å². The minimum Gasteiger partial charge on any atom is -0.480 e. The highest BCUT2D eigenvalue weighted by Gasteiger charge is 2.13. The zero-order valence-electron chi connectivity index (χ0n) is 14.5. The largest absolute Gasteiger partial charge is 0.480 e. The van der Waals surface area contributed by atoms with Gasteiger partial charge in [-0.2, -0.15) is 0 Å². The highest BCUT2D eigenvalue weighted by Crippen LogP contribution is 2.18. The van der Waals surface area contributed by atoms with Crippen LogP contribution in [0.1, 0.15) is 32.3 Å². The van der Waals surface area contributed by atoms with E-state index < -0.39 is 12.0 Å². The van der Waals surface area contributed by atoms with Gasteiger partial charge >= 0.3 is 5.97 Å². The van der Waals surface area contributed by atoms with Crippen LogP contribution in [-0.2, 0) is 15.3 Å². The van der Waals surface area contributed by atoms with Gasteiger partial charge in [0.05, 0.1) is 0 Å². The van der Waals surface area contributed by atoms with E-state index in [9.17, 15) is 9.59 Å². The number of nitrogens with one attached hydrogen (secondary N) is 1. The van der Waals surface area contributed by atoms with Gasteiger partial charge in [-0.25, -0.2) is 0 Å². The summed E-state index contributed by atoms with van der Waals surface area (Å²) in [6, 6.07) is 6.52. The molecule has 0 aliphatic heterocycles. The molecule has 138 valence electrons. The SMILES string of the molecule is CCN(CC)C(=S)SCc1ccc(NC(=O)CC[C@H](N)C(=O)O)cc1. The molecule has 1 amide bonds. The number of thiocarbonyl (C=S) groups is 1. The Kier molecular flexibility index (Phi) is 9.48. The lowest BCUT2D eigenvalue weighted by molar-refractivity contribution is -0.138. The number of aliphatic carboxylic acids is 1. The fraction of sp³-hybridized carbons (Fsp3) is 0.471. The van der Waals surface area contributed by atoms with Gasteiger partial charge in [0.25, 0.3) is 0 Å². The van der Waals surface area contributed by atoms with Gasteiger partial charge in [-0.3, -0.25) is 9.59 Å². The lowest BCUT2D eigenvalue weighted by Crippen LogP contribution is -2.31. The van der Waals surface area contributed by atoms with Crippen LogP contribution in [0.2, 0.25) is 0 Å². The van der Waals surface area contributed by atoms with Crippen LogP contribution in [0, 0.1) is 0 Å². The first-order valence-corrected chi connectivity index (χ1v) is 9.55. The van der Waals surface area contributed by atoms with Crippen LogP contribution in [-0.4, -0.2) is 45.3 Å². The molecule has 1 atom stereocenters. The number of carboxylic acids is 1. The van der Waals surface area contributed by atoms with Gasteiger partial charge in [0.2, 0.25) is 5.91 Å². The van der Waals surface area contributed by atoms with Crippen molar-refractivity contribution < 1.29 is 14.7 Å². The number of amides is 1. The molecule has 0 bridgehead atoms. The first-order chi connectivity index (χ1) is 11.9. The number of nitrogens with zero attached hydrogens (tertiary/aromatic N) is 1. The zero-order chi connectivity index (χ0) is 18.8. The third-order valence-electron chi connectivity index (χ3n) is 3.62. The van der Waals surface area contributed by atoms with Crippen LogP contribution >= 0.6 is 24.0 Å². The average Bonchev–Trinajstić information content (AvgIpc) is 2.60. The van der Waals surface area contributed by atoms with Crippen molar-refractivity contribution >= 4 is 45.9 Å². The van der Waals surface area contributed by atoms with Crippen LogP contribution in [0.3, 0.4) is 0 Å². The molecule has 0 unspecified atom stereocenters. The summed E-state index contributed by atoms with van der Waals surface area (Å²) >= 11 is 7.03. The molecular weight excluding hydrogens is 358 g/mol. The molecule has 0 aliphatic rings. The molecule has 25 heavy (non-hydrogen) atoms. The van der Waals surface area contributed by atoms with Gasteiger partial charge in [0, 0.05) is 31.0 Å². The van der Waals surface area contributed by atoms with E-state index in [1.807, 2.05) is 24.3 Å². The Bertz CT molecular complexity index is 589. The predicted molar refractivity (Wildman–Crippen MR) is 107 cm³/mol. The minimum absolute atomic E-state index is 0.0726. The number of hydrogen-bond donors (Lipinski definition) is 3. The van der Waals surface area contributed by atoms with E-state index in [0.29, 0.717) is 5.69 Å².